The second-order valence-corrected chi connectivity index (χ2v) is 6.77. The third kappa shape index (κ3) is 4.01. The molecule has 1 aromatic heterocycles. The van der Waals surface area contributed by atoms with Gasteiger partial charge in [-0.1, -0.05) is 6.07 Å². The van der Waals surface area contributed by atoms with E-state index in [1.807, 2.05) is 22.6 Å². The highest BCUT2D eigenvalue weighted by molar-refractivity contribution is 14.1. The molecule has 1 saturated heterocycles. The molecule has 0 atom stereocenters. The number of nitrogens with one attached hydrogen (secondary N) is 1. The Morgan fingerprint density at radius 1 is 1.25 bits per heavy atom. The number of aliphatic imine (C=N–C) groups is 1. The molecular formula is C15H8F3IN2O2S. The highest BCUT2D eigenvalue weighted by Gasteiger charge is 2.30. The van der Waals surface area contributed by atoms with Gasteiger partial charge in [0.25, 0.3) is 5.91 Å². The third-order valence-electron chi connectivity index (χ3n) is 2.92. The number of alkyl halides is 3. The van der Waals surface area contributed by atoms with E-state index in [0.29, 0.717) is 14.4 Å². The van der Waals surface area contributed by atoms with Crippen LogP contribution in [-0.4, -0.2) is 11.1 Å². The Morgan fingerprint density at radius 3 is 2.71 bits per heavy atom. The number of thioether (sulfide) groups is 1. The average molecular weight is 464 g/mol. The van der Waals surface area contributed by atoms with Crippen LogP contribution in [-0.2, 0) is 11.0 Å². The zero-order chi connectivity index (χ0) is 17.3. The fraction of sp³-hybridized carbons (Fsp3) is 0.0667. The lowest BCUT2D eigenvalue weighted by atomic mass is 10.2. The second-order valence-electron chi connectivity index (χ2n) is 4.67. The number of carbonyl (C=O) groups excluding carboxylic acids is 1. The van der Waals surface area contributed by atoms with Crippen molar-refractivity contribution in [1.82, 2.24) is 5.32 Å². The van der Waals surface area contributed by atoms with Gasteiger partial charge in [0.15, 0.2) is 8.93 Å². The summed E-state index contributed by atoms with van der Waals surface area (Å²) in [7, 11) is 0. The molecular weight excluding hydrogens is 456 g/mol. The van der Waals surface area contributed by atoms with E-state index in [0.717, 1.165) is 23.9 Å². The Bertz CT molecular complexity index is 858. The first-order valence-electron chi connectivity index (χ1n) is 6.53. The van der Waals surface area contributed by atoms with Gasteiger partial charge < -0.3 is 9.73 Å². The molecule has 2 aromatic rings. The van der Waals surface area contributed by atoms with E-state index in [1.165, 1.54) is 12.1 Å². The van der Waals surface area contributed by atoms with Gasteiger partial charge in [-0.05, 0) is 64.7 Å². The van der Waals surface area contributed by atoms with Gasteiger partial charge in [-0.2, -0.15) is 13.2 Å². The summed E-state index contributed by atoms with van der Waals surface area (Å²) in [6.07, 6.45) is -2.89. The maximum atomic E-state index is 12.7. The molecule has 0 spiro atoms. The number of benzene rings is 1. The van der Waals surface area contributed by atoms with Crippen LogP contribution in [0.2, 0.25) is 0 Å². The van der Waals surface area contributed by atoms with Gasteiger partial charge in [-0.15, -0.1) is 0 Å². The van der Waals surface area contributed by atoms with Gasteiger partial charge in [0.1, 0.15) is 5.76 Å². The molecule has 0 unspecified atom stereocenters. The highest BCUT2D eigenvalue weighted by atomic mass is 127. The van der Waals surface area contributed by atoms with Crippen molar-refractivity contribution in [3.8, 4) is 0 Å². The smallest absolute Gasteiger partial charge is 0.416 e. The summed E-state index contributed by atoms with van der Waals surface area (Å²) >= 11 is 3.04. The first-order chi connectivity index (χ1) is 11.3. The van der Waals surface area contributed by atoms with Gasteiger partial charge in [-0.3, -0.25) is 4.79 Å². The highest BCUT2D eigenvalue weighted by Crippen LogP contribution is 2.33. The zero-order valence-corrected chi connectivity index (χ0v) is 14.7. The van der Waals surface area contributed by atoms with E-state index >= 15 is 0 Å². The number of halogens is 4. The van der Waals surface area contributed by atoms with Gasteiger partial charge in [0.2, 0.25) is 0 Å². The molecule has 24 heavy (non-hydrogen) atoms. The molecule has 0 bridgehead atoms. The molecule has 1 fully saturated rings. The normalized spacial score (nSPS) is 18.4. The minimum absolute atomic E-state index is 0.112. The number of carbonyl (C=O) groups is 1. The first kappa shape index (κ1) is 17.1. The molecule has 9 heteroatoms. The Labute approximate surface area is 152 Å². The maximum absolute atomic E-state index is 12.7. The lowest BCUT2D eigenvalue weighted by Gasteiger charge is -2.06. The summed E-state index contributed by atoms with van der Waals surface area (Å²) in [4.78, 5) is 16.3. The van der Waals surface area contributed by atoms with Crippen molar-refractivity contribution in [2.75, 3.05) is 0 Å². The van der Waals surface area contributed by atoms with Crippen molar-refractivity contribution in [3.63, 3.8) is 0 Å². The van der Waals surface area contributed by atoms with Crippen molar-refractivity contribution >= 4 is 57.2 Å². The molecule has 0 saturated carbocycles. The van der Waals surface area contributed by atoms with E-state index in [-0.39, 0.29) is 16.8 Å². The molecule has 3 rings (SSSR count). The minimum atomic E-state index is -4.44. The number of nitrogens with zero attached hydrogens (tertiary/aromatic N) is 1. The SMILES string of the molecule is O=C1NC(=Nc2cccc(C(F)(F)F)c2)S/C1=C/c1ccc(I)o1. The van der Waals surface area contributed by atoms with Crippen LogP contribution in [0.1, 0.15) is 11.3 Å². The van der Waals surface area contributed by atoms with E-state index in [4.69, 9.17) is 4.42 Å². The standard InChI is InChI=1S/C15H8F3IN2O2S/c16-15(17,18)8-2-1-3-9(6-8)20-14-21-13(22)11(24-14)7-10-4-5-12(19)23-10/h1-7H,(H,20,21,22)/b11-7+. The molecule has 1 amide bonds. The average Bonchev–Trinajstić information content (AvgIpc) is 3.05. The first-order valence-corrected chi connectivity index (χ1v) is 8.43. The van der Waals surface area contributed by atoms with Crippen LogP contribution < -0.4 is 5.32 Å². The summed E-state index contributed by atoms with van der Waals surface area (Å²) in [6.45, 7) is 0. The number of hydrogen-bond acceptors (Lipinski definition) is 4. The monoisotopic (exact) mass is 464 g/mol. The predicted octanol–water partition coefficient (Wildman–Crippen LogP) is 4.79. The van der Waals surface area contributed by atoms with Crippen molar-refractivity contribution in [3.05, 3.63) is 56.4 Å². The minimum Gasteiger partial charge on any atom is -0.451 e. The largest absolute Gasteiger partial charge is 0.451 e. The molecule has 4 nitrogen and oxygen atoms in total. The molecule has 1 N–H and O–H groups in total. The quantitative estimate of drug-likeness (QED) is 0.514. The Morgan fingerprint density at radius 2 is 2.04 bits per heavy atom. The molecule has 1 aliphatic rings. The van der Waals surface area contributed by atoms with Crippen LogP contribution in [0.25, 0.3) is 6.08 Å². The summed E-state index contributed by atoms with van der Waals surface area (Å²) in [5, 5.41) is 2.73. The fourth-order valence-corrected chi connectivity index (χ4v) is 3.14. The summed E-state index contributed by atoms with van der Waals surface area (Å²) in [5.41, 5.74) is -0.680. The maximum Gasteiger partial charge on any atom is 0.416 e. The second kappa shape index (κ2) is 6.63. The van der Waals surface area contributed by atoms with Crippen LogP contribution in [0.4, 0.5) is 18.9 Å². The number of furan rings is 1. The number of amides is 1. The fourth-order valence-electron chi connectivity index (χ4n) is 1.88. The lowest BCUT2D eigenvalue weighted by molar-refractivity contribution is -0.137. The number of hydrogen-bond donors (Lipinski definition) is 1. The van der Waals surface area contributed by atoms with Crippen LogP contribution >= 0.6 is 34.4 Å². The molecule has 2 heterocycles. The van der Waals surface area contributed by atoms with E-state index < -0.39 is 11.7 Å². The zero-order valence-electron chi connectivity index (χ0n) is 11.7. The van der Waals surface area contributed by atoms with E-state index in [1.54, 1.807) is 18.2 Å². The van der Waals surface area contributed by atoms with Gasteiger partial charge in [-0.25, -0.2) is 4.99 Å². The van der Waals surface area contributed by atoms with Crippen LogP contribution in [0, 0.1) is 3.77 Å². The van der Waals surface area contributed by atoms with Crippen molar-refractivity contribution < 1.29 is 22.4 Å². The summed E-state index contributed by atoms with van der Waals surface area (Å²) in [6, 6.07) is 8.06. The van der Waals surface area contributed by atoms with Gasteiger partial charge >= 0.3 is 6.18 Å². The summed E-state index contributed by atoms with van der Waals surface area (Å²) in [5.74, 6) is 0.134. The Balaban J connectivity index is 1.83. The van der Waals surface area contributed by atoms with Gasteiger partial charge in [0, 0.05) is 6.08 Å². The van der Waals surface area contributed by atoms with Crippen LogP contribution in [0.15, 0.2) is 50.7 Å². The lowest BCUT2D eigenvalue weighted by Crippen LogP contribution is -2.19. The van der Waals surface area contributed by atoms with Gasteiger partial charge in [0.05, 0.1) is 16.2 Å². The van der Waals surface area contributed by atoms with Crippen molar-refractivity contribution in [2.24, 2.45) is 4.99 Å². The van der Waals surface area contributed by atoms with E-state index in [2.05, 4.69) is 10.3 Å². The van der Waals surface area contributed by atoms with Crippen LogP contribution in [0.3, 0.4) is 0 Å². The molecule has 0 aliphatic carbocycles. The number of amidine groups is 1. The Kier molecular flexibility index (Phi) is 4.72. The van der Waals surface area contributed by atoms with Crippen LogP contribution in [0.5, 0.6) is 0 Å². The topological polar surface area (TPSA) is 54.6 Å². The molecule has 124 valence electrons. The molecule has 0 radical (unpaired) electrons. The Hall–Kier alpha value is -1.75. The van der Waals surface area contributed by atoms with E-state index in [9.17, 15) is 18.0 Å². The van der Waals surface area contributed by atoms with Crippen molar-refractivity contribution in [1.29, 1.82) is 0 Å². The van der Waals surface area contributed by atoms with Crippen molar-refractivity contribution in [2.45, 2.75) is 6.18 Å². The third-order valence-corrected chi connectivity index (χ3v) is 4.41. The number of rotatable bonds is 2. The summed E-state index contributed by atoms with van der Waals surface area (Å²) < 4.78 is 44.2. The molecule has 1 aromatic carbocycles. The predicted molar refractivity (Wildman–Crippen MR) is 93.7 cm³/mol. The molecule has 1 aliphatic heterocycles.